The molecular formula is C16H13N3O2. The average molecular weight is 279 g/mol. The molecule has 1 aromatic heterocycles. The van der Waals surface area contributed by atoms with Crippen LogP contribution >= 0.6 is 0 Å². The van der Waals surface area contributed by atoms with Crippen LogP contribution in [0, 0.1) is 0 Å². The highest BCUT2D eigenvalue weighted by Gasteiger charge is 2.10. The second kappa shape index (κ2) is 5.58. The predicted octanol–water partition coefficient (Wildman–Crippen LogP) is 2.89. The number of hydrogen-bond acceptors (Lipinski definition) is 4. The molecule has 0 spiro atoms. The number of amides is 1. The maximum absolute atomic E-state index is 12.2. The Labute approximate surface area is 121 Å². The van der Waals surface area contributed by atoms with Crippen molar-refractivity contribution in [2.24, 2.45) is 0 Å². The number of anilines is 1. The SMILES string of the molecule is COc1cccc(NC(=O)c2cc3ccccc3nn2)c1. The van der Waals surface area contributed by atoms with Crippen LogP contribution in [-0.4, -0.2) is 23.2 Å². The molecule has 5 heteroatoms. The van der Waals surface area contributed by atoms with Crippen LogP contribution in [0.25, 0.3) is 10.9 Å². The number of benzene rings is 2. The summed E-state index contributed by atoms with van der Waals surface area (Å²) in [6.45, 7) is 0. The van der Waals surface area contributed by atoms with Gasteiger partial charge in [0, 0.05) is 17.1 Å². The molecule has 3 aromatic rings. The van der Waals surface area contributed by atoms with Gasteiger partial charge in [0.2, 0.25) is 0 Å². The first-order valence-corrected chi connectivity index (χ1v) is 6.44. The summed E-state index contributed by atoms with van der Waals surface area (Å²) in [6, 6.07) is 16.4. The molecule has 0 aliphatic carbocycles. The van der Waals surface area contributed by atoms with Gasteiger partial charge in [-0.25, -0.2) is 0 Å². The summed E-state index contributed by atoms with van der Waals surface area (Å²) in [7, 11) is 1.58. The van der Waals surface area contributed by atoms with Crippen LogP contribution in [-0.2, 0) is 0 Å². The van der Waals surface area contributed by atoms with Gasteiger partial charge in [-0.1, -0.05) is 24.3 Å². The lowest BCUT2D eigenvalue weighted by atomic mass is 10.2. The van der Waals surface area contributed by atoms with E-state index in [4.69, 9.17) is 4.74 Å². The molecule has 0 radical (unpaired) electrons. The summed E-state index contributed by atoms with van der Waals surface area (Å²) >= 11 is 0. The third-order valence-corrected chi connectivity index (χ3v) is 3.05. The van der Waals surface area contributed by atoms with Crippen LogP contribution in [0.3, 0.4) is 0 Å². The predicted molar refractivity (Wildman–Crippen MR) is 80.5 cm³/mol. The molecule has 21 heavy (non-hydrogen) atoms. The molecule has 0 aliphatic heterocycles. The van der Waals surface area contributed by atoms with E-state index in [9.17, 15) is 4.79 Å². The molecule has 0 unspecified atom stereocenters. The Balaban J connectivity index is 1.86. The smallest absolute Gasteiger partial charge is 0.276 e. The van der Waals surface area contributed by atoms with Crippen molar-refractivity contribution in [2.45, 2.75) is 0 Å². The summed E-state index contributed by atoms with van der Waals surface area (Å²) in [5.74, 6) is 0.374. The van der Waals surface area contributed by atoms with Gasteiger partial charge in [-0.15, -0.1) is 10.2 Å². The molecule has 1 N–H and O–H groups in total. The van der Waals surface area contributed by atoms with Gasteiger partial charge in [-0.05, 0) is 24.3 Å². The number of ether oxygens (including phenoxy) is 1. The Morgan fingerprint density at radius 1 is 1.05 bits per heavy atom. The third-order valence-electron chi connectivity index (χ3n) is 3.05. The molecule has 1 amide bonds. The number of carbonyl (C=O) groups is 1. The van der Waals surface area contributed by atoms with Crippen molar-refractivity contribution >= 4 is 22.5 Å². The van der Waals surface area contributed by atoms with Crippen LogP contribution in [0.2, 0.25) is 0 Å². The minimum absolute atomic E-state index is 0.275. The lowest BCUT2D eigenvalue weighted by molar-refractivity contribution is 0.102. The third kappa shape index (κ3) is 2.81. The monoisotopic (exact) mass is 279 g/mol. The summed E-state index contributed by atoms with van der Waals surface area (Å²) in [5.41, 5.74) is 1.68. The van der Waals surface area contributed by atoms with Gasteiger partial charge in [-0.3, -0.25) is 4.79 Å². The minimum atomic E-state index is -0.304. The topological polar surface area (TPSA) is 64.1 Å². The molecule has 1 heterocycles. The van der Waals surface area contributed by atoms with E-state index < -0.39 is 0 Å². The Morgan fingerprint density at radius 3 is 2.76 bits per heavy atom. The van der Waals surface area contributed by atoms with E-state index in [1.165, 1.54) is 0 Å². The second-order valence-electron chi connectivity index (χ2n) is 4.47. The number of rotatable bonds is 3. The van der Waals surface area contributed by atoms with Crippen LogP contribution in [0.15, 0.2) is 54.6 Å². The largest absolute Gasteiger partial charge is 0.497 e. The Kier molecular flexibility index (Phi) is 3.47. The number of nitrogens with zero attached hydrogens (tertiary/aromatic N) is 2. The molecule has 0 fully saturated rings. The maximum atomic E-state index is 12.2. The first-order valence-electron chi connectivity index (χ1n) is 6.44. The maximum Gasteiger partial charge on any atom is 0.276 e. The number of aromatic nitrogens is 2. The first-order chi connectivity index (χ1) is 10.3. The highest BCUT2D eigenvalue weighted by Crippen LogP contribution is 2.18. The number of methoxy groups -OCH3 is 1. The van der Waals surface area contributed by atoms with E-state index in [1.807, 2.05) is 30.3 Å². The fourth-order valence-electron chi connectivity index (χ4n) is 1.99. The summed E-state index contributed by atoms with van der Waals surface area (Å²) < 4.78 is 5.12. The summed E-state index contributed by atoms with van der Waals surface area (Å²) in [5, 5.41) is 11.6. The van der Waals surface area contributed by atoms with Crippen LogP contribution in [0.4, 0.5) is 5.69 Å². The van der Waals surface area contributed by atoms with Crippen LogP contribution in [0.1, 0.15) is 10.5 Å². The summed E-state index contributed by atoms with van der Waals surface area (Å²) in [6.07, 6.45) is 0. The van der Waals surface area contributed by atoms with Crippen molar-refractivity contribution in [1.29, 1.82) is 0 Å². The van der Waals surface area contributed by atoms with E-state index in [-0.39, 0.29) is 11.6 Å². The van der Waals surface area contributed by atoms with Crippen molar-refractivity contribution in [3.8, 4) is 5.75 Å². The molecule has 2 aromatic carbocycles. The van der Waals surface area contributed by atoms with Gasteiger partial charge in [-0.2, -0.15) is 0 Å². The van der Waals surface area contributed by atoms with E-state index in [2.05, 4.69) is 15.5 Å². The molecule has 0 saturated carbocycles. The fraction of sp³-hybridized carbons (Fsp3) is 0.0625. The van der Waals surface area contributed by atoms with Crippen LogP contribution < -0.4 is 10.1 Å². The highest BCUT2D eigenvalue weighted by atomic mass is 16.5. The molecule has 0 atom stereocenters. The zero-order chi connectivity index (χ0) is 14.7. The Hall–Kier alpha value is -2.95. The van der Waals surface area contributed by atoms with Crippen molar-refractivity contribution in [3.05, 3.63) is 60.3 Å². The first kappa shape index (κ1) is 13.1. The van der Waals surface area contributed by atoms with Gasteiger partial charge in [0.25, 0.3) is 5.91 Å². The number of carbonyl (C=O) groups excluding carboxylic acids is 1. The number of fused-ring (bicyclic) bond motifs is 1. The van der Waals surface area contributed by atoms with Crippen molar-refractivity contribution in [3.63, 3.8) is 0 Å². The quantitative estimate of drug-likeness (QED) is 0.800. The van der Waals surface area contributed by atoms with E-state index in [0.29, 0.717) is 11.4 Å². The van der Waals surface area contributed by atoms with Crippen molar-refractivity contribution in [2.75, 3.05) is 12.4 Å². The number of hydrogen-bond donors (Lipinski definition) is 1. The van der Waals surface area contributed by atoms with Gasteiger partial charge in [0.05, 0.1) is 12.6 Å². The van der Waals surface area contributed by atoms with Gasteiger partial charge in [0.1, 0.15) is 5.75 Å². The highest BCUT2D eigenvalue weighted by molar-refractivity contribution is 6.04. The minimum Gasteiger partial charge on any atom is -0.497 e. The van der Waals surface area contributed by atoms with E-state index in [0.717, 1.165) is 10.9 Å². The summed E-state index contributed by atoms with van der Waals surface area (Å²) in [4.78, 5) is 12.2. The zero-order valence-electron chi connectivity index (χ0n) is 11.4. The van der Waals surface area contributed by atoms with E-state index >= 15 is 0 Å². The molecule has 0 aliphatic rings. The normalized spacial score (nSPS) is 10.3. The Morgan fingerprint density at radius 2 is 1.90 bits per heavy atom. The van der Waals surface area contributed by atoms with Gasteiger partial charge in [0.15, 0.2) is 5.69 Å². The van der Waals surface area contributed by atoms with Crippen LogP contribution in [0.5, 0.6) is 5.75 Å². The molecule has 5 nitrogen and oxygen atoms in total. The fourth-order valence-corrected chi connectivity index (χ4v) is 1.99. The second-order valence-corrected chi connectivity index (χ2v) is 4.47. The van der Waals surface area contributed by atoms with Gasteiger partial charge < -0.3 is 10.1 Å². The molecular weight excluding hydrogens is 266 g/mol. The Bertz CT molecular complexity index is 802. The lowest BCUT2D eigenvalue weighted by Gasteiger charge is -2.06. The zero-order valence-corrected chi connectivity index (χ0v) is 11.4. The molecule has 0 saturated heterocycles. The lowest BCUT2D eigenvalue weighted by Crippen LogP contribution is -2.14. The van der Waals surface area contributed by atoms with E-state index in [1.54, 1.807) is 31.4 Å². The van der Waals surface area contributed by atoms with Gasteiger partial charge >= 0.3 is 0 Å². The molecule has 3 rings (SSSR count). The van der Waals surface area contributed by atoms with Crippen molar-refractivity contribution < 1.29 is 9.53 Å². The van der Waals surface area contributed by atoms with Crippen molar-refractivity contribution in [1.82, 2.24) is 10.2 Å². The average Bonchev–Trinajstić information content (AvgIpc) is 2.54. The number of nitrogens with one attached hydrogen (secondary N) is 1. The molecule has 0 bridgehead atoms. The molecule has 104 valence electrons. The standard InChI is InChI=1S/C16H13N3O2/c1-21-13-7-4-6-12(10-13)17-16(20)15-9-11-5-2-3-8-14(11)18-19-15/h2-10H,1H3,(H,17,20).